The van der Waals surface area contributed by atoms with Crippen molar-refractivity contribution in [1.29, 1.82) is 0 Å². The zero-order chi connectivity index (χ0) is 20.4. The van der Waals surface area contributed by atoms with E-state index in [4.69, 9.17) is 0 Å². The fraction of sp³-hybridized carbons (Fsp3) is 0.286. The van der Waals surface area contributed by atoms with Crippen molar-refractivity contribution in [2.75, 3.05) is 36.0 Å². The molecule has 0 amide bonds. The van der Waals surface area contributed by atoms with Crippen LogP contribution in [-0.4, -0.2) is 51.9 Å². The molecule has 0 aliphatic carbocycles. The summed E-state index contributed by atoms with van der Waals surface area (Å²) >= 11 is 0. The van der Waals surface area contributed by atoms with Gasteiger partial charge in [0.2, 0.25) is 5.82 Å². The zero-order valence-corrected chi connectivity index (χ0v) is 16.2. The molecular formula is C21H23N5O3. The number of carbonyl (C=O) groups is 1. The van der Waals surface area contributed by atoms with E-state index in [0.717, 1.165) is 37.6 Å². The van der Waals surface area contributed by atoms with Crippen molar-refractivity contribution in [1.82, 2.24) is 14.3 Å². The van der Waals surface area contributed by atoms with Gasteiger partial charge in [-0.15, -0.1) is 5.10 Å². The van der Waals surface area contributed by atoms with E-state index >= 15 is 0 Å². The summed E-state index contributed by atoms with van der Waals surface area (Å²) in [6.07, 6.45) is 0.601. The molecule has 8 heteroatoms. The van der Waals surface area contributed by atoms with Gasteiger partial charge in [0, 0.05) is 44.1 Å². The van der Waals surface area contributed by atoms with Crippen LogP contribution in [0.1, 0.15) is 17.5 Å². The summed E-state index contributed by atoms with van der Waals surface area (Å²) in [5, 5.41) is 13.5. The maximum absolute atomic E-state index is 12.4. The first-order chi connectivity index (χ1) is 14.1. The smallest absolute Gasteiger partial charge is 0.350 e. The second-order valence-electron chi connectivity index (χ2n) is 6.92. The van der Waals surface area contributed by atoms with Crippen LogP contribution in [0, 0.1) is 0 Å². The summed E-state index contributed by atoms with van der Waals surface area (Å²) in [5.41, 5.74) is 2.49. The van der Waals surface area contributed by atoms with Crippen LogP contribution < -0.4 is 15.5 Å². The highest BCUT2D eigenvalue weighted by atomic mass is 16.3. The average Bonchev–Trinajstić information content (AvgIpc) is 3.10. The van der Waals surface area contributed by atoms with Crippen LogP contribution in [0.15, 0.2) is 53.3 Å². The van der Waals surface area contributed by atoms with Crippen LogP contribution >= 0.6 is 0 Å². The Bertz CT molecular complexity index is 1050. The molecule has 0 atom stereocenters. The number of nitrogens with zero attached hydrogens (tertiary/aromatic N) is 5. The largest absolute Gasteiger partial charge is 0.508 e. The lowest BCUT2D eigenvalue weighted by molar-refractivity contribution is 0.111. The first-order valence-corrected chi connectivity index (χ1v) is 9.65. The number of hydrogen-bond acceptors (Lipinski definition) is 6. The summed E-state index contributed by atoms with van der Waals surface area (Å²) < 4.78 is 2.61. The second-order valence-corrected chi connectivity index (χ2v) is 6.92. The second kappa shape index (κ2) is 7.83. The minimum atomic E-state index is -0.315. The Morgan fingerprint density at radius 2 is 1.38 bits per heavy atom. The van der Waals surface area contributed by atoms with E-state index in [1.807, 2.05) is 43.3 Å². The van der Waals surface area contributed by atoms with Gasteiger partial charge in [-0.3, -0.25) is 4.79 Å². The van der Waals surface area contributed by atoms with Gasteiger partial charge < -0.3 is 14.9 Å². The van der Waals surface area contributed by atoms with E-state index in [2.05, 4.69) is 14.9 Å². The first-order valence-electron chi connectivity index (χ1n) is 9.65. The van der Waals surface area contributed by atoms with E-state index in [-0.39, 0.29) is 17.3 Å². The number of aryl methyl sites for hydroxylation is 1. The Kier molecular flexibility index (Phi) is 5.07. The molecule has 3 aromatic rings. The van der Waals surface area contributed by atoms with E-state index < -0.39 is 0 Å². The standard InChI is InChI=1S/C21H23N5O3/c1-2-25-21(29)26(20(15-27)22-25)18-5-3-16(4-6-18)23-11-13-24(14-12-23)17-7-9-19(28)10-8-17/h3-10,15,28H,2,11-14H2,1H3. The van der Waals surface area contributed by atoms with Crippen molar-refractivity contribution >= 4 is 17.7 Å². The van der Waals surface area contributed by atoms with Gasteiger partial charge in [0.1, 0.15) is 5.75 Å². The number of aromatic nitrogens is 3. The predicted molar refractivity (Wildman–Crippen MR) is 111 cm³/mol. The van der Waals surface area contributed by atoms with Crippen LogP contribution in [-0.2, 0) is 6.54 Å². The lowest BCUT2D eigenvalue weighted by Gasteiger charge is -2.37. The first kappa shape index (κ1) is 18.8. The third-order valence-electron chi connectivity index (χ3n) is 5.24. The minimum absolute atomic E-state index is 0.104. The SMILES string of the molecule is CCn1nc(C=O)n(-c2ccc(N3CCN(c4ccc(O)cc4)CC3)cc2)c1=O. The van der Waals surface area contributed by atoms with E-state index in [0.29, 0.717) is 18.5 Å². The Morgan fingerprint density at radius 3 is 1.86 bits per heavy atom. The zero-order valence-electron chi connectivity index (χ0n) is 16.2. The third kappa shape index (κ3) is 3.61. The summed E-state index contributed by atoms with van der Waals surface area (Å²) in [6, 6.07) is 14.9. The van der Waals surface area contributed by atoms with Gasteiger partial charge >= 0.3 is 5.69 Å². The van der Waals surface area contributed by atoms with Crippen LogP contribution in [0.25, 0.3) is 5.69 Å². The fourth-order valence-corrected chi connectivity index (χ4v) is 3.65. The maximum Gasteiger partial charge on any atom is 0.350 e. The molecule has 29 heavy (non-hydrogen) atoms. The minimum Gasteiger partial charge on any atom is -0.508 e. The van der Waals surface area contributed by atoms with E-state index in [1.165, 1.54) is 9.25 Å². The summed E-state index contributed by atoms with van der Waals surface area (Å²) in [5.74, 6) is 0.376. The molecule has 0 spiro atoms. The van der Waals surface area contributed by atoms with Crippen molar-refractivity contribution in [3.63, 3.8) is 0 Å². The lowest BCUT2D eigenvalue weighted by Crippen LogP contribution is -2.46. The van der Waals surface area contributed by atoms with E-state index in [9.17, 15) is 14.7 Å². The molecule has 1 aliphatic rings. The van der Waals surface area contributed by atoms with E-state index in [1.54, 1.807) is 12.1 Å². The molecule has 0 unspecified atom stereocenters. The average molecular weight is 393 g/mol. The topological polar surface area (TPSA) is 83.6 Å². The summed E-state index contributed by atoms with van der Waals surface area (Å²) in [7, 11) is 0. The number of phenols is 1. The number of benzene rings is 2. The number of hydrogen-bond donors (Lipinski definition) is 1. The summed E-state index contributed by atoms with van der Waals surface area (Å²) in [6.45, 7) is 5.72. The van der Waals surface area contributed by atoms with Crippen LogP contribution in [0.3, 0.4) is 0 Å². The molecule has 2 aromatic carbocycles. The van der Waals surface area contributed by atoms with Crippen LogP contribution in [0.4, 0.5) is 11.4 Å². The molecule has 1 fully saturated rings. The molecule has 150 valence electrons. The maximum atomic E-state index is 12.4. The van der Waals surface area contributed by atoms with Gasteiger partial charge in [0.25, 0.3) is 0 Å². The molecule has 4 rings (SSSR count). The molecule has 0 saturated carbocycles. The van der Waals surface area contributed by atoms with Gasteiger partial charge in [-0.2, -0.15) is 0 Å². The number of anilines is 2. The Labute approximate surface area is 168 Å². The van der Waals surface area contributed by atoms with Gasteiger partial charge in [0.15, 0.2) is 6.29 Å². The number of aldehydes is 1. The normalized spacial score (nSPS) is 14.2. The van der Waals surface area contributed by atoms with Crippen LogP contribution in [0.5, 0.6) is 5.75 Å². The van der Waals surface area contributed by atoms with Crippen molar-refractivity contribution in [2.24, 2.45) is 0 Å². The quantitative estimate of drug-likeness (QED) is 0.667. The summed E-state index contributed by atoms with van der Waals surface area (Å²) in [4.78, 5) is 28.3. The van der Waals surface area contributed by atoms with Gasteiger partial charge in [-0.1, -0.05) is 0 Å². The van der Waals surface area contributed by atoms with Gasteiger partial charge in [-0.25, -0.2) is 14.0 Å². The Balaban J connectivity index is 1.48. The highest BCUT2D eigenvalue weighted by Gasteiger charge is 2.18. The molecular weight excluding hydrogens is 370 g/mol. The number of carbonyl (C=O) groups excluding carboxylic acids is 1. The third-order valence-corrected chi connectivity index (χ3v) is 5.24. The molecule has 1 N–H and O–H groups in total. The number of aromatic hydroxyl groups is 1. The Hall–Kier alpha value is -3.55. The highest BCUT2D eigenvalue weighted by Crippen LogP contribution is 2.23. The van der Waals surface area contributed by atoms with Crippen molar-refractivity contribution < 1.29 is 9.90 Å². The van der Waals surface area contributed by atoms with Crippen molar-refractivity contribution in [2.45, 2.75) is 13.5 Å². The number of piperazine rings is 1. The Morgan fingerprint density at radius 1 is 0.897 bits per heavy atom. The monoisotopic (exact) mass is 393 g/mol. The van der Waals surface area contributed by atoms with Gasteiger partial charge in [0.05, 0.1) is 5.69 Å². The fourth-order valence-electron chi connectivity index (χ4n) is 3.65. The molecule has 1 aliphatic heterocycles. The molecule has 1 aromatic heterocycles. The van der Waals surface area contributed by atoms with Crippen molar-refractivity contribution in [3.8, 4) is 11.4 Å². The number of phenolic OH excluding ortho intramolecular Hbond substituents is 1. The lowest BCUT2D eigenvalue weighted by atomic mass is 10.2. The van der Waals surface area contributed by atoms with Crippen LogP contribution in [0.2, 0.25) is 0 Å². The van der Waals surface area contributed by atoms with Crippen molar-refractivity contribution in [3.05, 3.63) is 64.8 Å². The predicted octanol–water partition coefficient (Wildman–Crippen LogP) is 1.90. The molecule has 1 saturated heterocycles. The highest BCUT2D eigenvalue weighted by molar-refractivity contribution is 5.70. The molecule has 8 nitrogen and oxygen atoms in total. The van der Waals surface area contributed by atoms with Gasteiger partial charge in [-0.05, 0) is 55.5 Å². The molecule has 0 radical (unpaired) electrons. The number of rotatable bonds is 5. The molecule has 0 bridgehead atoms. The molecule has 2 heterocycles.